The normalized spacial score (nSPS) is 11.6. The molecule has 0 radical (unpaired) electrons. The van der Waals surface area contributed by atoms with Gasteiger partial charge in [-0.2, -0.15) is 0 Å². The summed E-state index contributed by atoms with van der Waals surface area (Å²) in [4.78, 5) is 15.3. The summed E-state index contributed by atoms with van der Waals surface area (Å²) >= 11 is 1.81. The zero-order chi connectivity index (χ0) is 29.0. The van der Waals surface area contributed by atoms with Crippen molar-refractivity contribution in [2.24, 2.45) is 0 Å². The van der Waals surface area contributed by atoms with Crippen LogP contribution in [0.1, 0.15) is 0 Å². The molecule has 0 fully saturated rings. The van der Waals surface area contributed by atoms with Crippen LogP contribution in [-0.4, -0.2) is 15.0 Å². The molecular weight excluding hydrogens is 559 g/mol. The Labute approximate surface area is 256 Å². The molecule has 0 aliphatic heterocycles. The summed E-state index contributed by atoms with van der Waals surface area (Å²) in [6, 6.07) is 45.8. The quantitative estimate of drug-likeness (QED) is 0.207. The third kappa shape index (κ3) is 3.94. The minimum atomic E-state index is 0.664. The lowest BCUT2D eigenvalue weighted by Gasteiger charge is -2.13. The molecule has 0 amide bonds. The SMILES string of the molecule is c1ccc(-c2nc(-c3cccnc3-c3cccc4sc5ccccc5c34)cc(-c3cccc4oc5ccccc5c34)n2)cc1. The van der Waals surface area contributed by atoms with Gasteiger partial charge in [0.05, 0.1) is 17.1 Å². The first-order valence-corrected chi connectivity index (χ1v) is 15.3. The van der Waals surface area contributed by atoms with Gasteiger partial charge in [-0.25, -0.2) is 9.97 Å². The Morgan fingerprint density at radius 3 is 2.09 bits per heavy atom. The summed E-state index contributed by atoms with van der Waals surface area (Å²) < 4.78 is 8.75. The van der Waals surface area contributed by atoms with Gasteiger partial charge in [-0.15, -0.1) is 11.3 Å². The molecule has 0 aliphatic carbocycles. The van der Waals surface area contributed by atoms with Gasteiger partial charge in [0, 0.05) is 59.4 Å². The van der Waals surface area contributed by atoms with Crippen LogP contribution in [0.2, 0.25) is 0 Å². The van der Waals surface area contributed by atoms with Crippen molar-refractivity contribution < 1.29 is 4.42 Å². The van der Waals surface area contributed by atoms with Crippen LogP contribution in [0, 0.1) is 0 Å². The predicted molar refractivity (Wildman–Crippen MR) is 182 cm³/mol. The Kier molecular flexibility index (Phi) is 5.64. The lowest BCUT2D eigenvalue weighted by Crippen LogP contribution is -1.98. The highest BCUT2D eigenvalue weighted by Gasteiger charge is 2.20. The molecule has 9 rings (SSSR count). The van der Waals surface area contributed by atoms with Crippen molar-refractivity contribution in [1.29, 1.82) is 0 Å². The van der Waals surface area contributed by atoms with Gasteiger partial charge >= 0.3 is 0 Å². The minimum Gasteiger partial charge on any atom is -0.456 e. The lowest BCUT2D eigenvalue weighted by molar-refractivity contribution is 0.669. The number of hydrogen-bond donors (Lipinski definition) is 0. The molecule has 5 aromatic carbocycles. The number of rotatable bonds is 4. The molecule has 9 aromatic rings. The Hall–Kier alpha value is -5.65. The topological polar surface area (TPSA) is 51.8 Å². The highest BCUT2D eigenvalue weighted by atomic mass is 32.1. The zero-order valence-corrected chi connectivity index (χ0v) is 24.3. The summed E-state index contributed by atoms with van der Waals surface area (Å²) in [5, 5.41) is 4.58. The molecule has 0 aliphatic rings. The number of pyridine rings is 1. The van der Waals surface area contributed by atoms with E-state index < -0.39 is 0 Å². The maximum atomic E-state index is 6.24. The molecule has 0 saturated heterocycles. The molecule has 0 atom stereocenters. The van der Waals surface area contributed by atoms with Crippen molar-refractivity contribution in [2.75, 3.05) is 0 Å². The fourth-order valence-corrected chi connectivity index (χ4v) is 7.36. The second-order valence-electron chi connectivity index (χ2n) is 10.8. The van der Waals surface area contributed by atoms with E-state index in [0.717, 1.165) is 61.3 Å². The van der Waals surface area contributed by atoms with Crippen LogP contribution in [0.25, 0.3) is 87.3 Å². The zero-order valence-electron chi connectivity index (χ0n) is 23.4. The van der Waals surface area contributed by atoms with E-state index in [9.17, 15) is 0 Å². The first-order valence-electron chi connectivity index (χ1n) is 14.5. The van der Waals surface area contributed by atoms with Gasteiger partial charge in [0.25, 0.3) is 0 Å². The molecule has 0 unspecified atom stereocenters. The monoisotopic (exact) mass is 581 g/mol. The number of nitrogens with zero attached hydrogens (tertiary/aromatic N) is 3. The first kappa shape index (κ1) is 24.9. The summed E-state index contributed by atoms with van der Waals surface area (Å²) in [5.74, 6) is 0.664. The average Bonchev–Trinajstić information content (AvgIpc) is 3.67. The van der Waals surface area contributed by atoms with E-state index in [1.165, 1.54) is 20.2 Å². The van der Waals surface area contributed by atoms with Crippen molar-refractivity contribution in [2.45, 2.75) is 0 Å². The van der Waals surface area contributed by atoms with Crippen LogP contribution in [0.5, 0.6) is 0 Å². The highest BCUT2D eigenvalue weighted by Crippen LogP contribution is 2.43. The van der Waals surface area contributed by atoms with Gasteiger partial charge < -0.3 is 4.42 Å². The lowest BCUT2D eigenvalue weighted by atomic mass is 9.97. The van der Waals surface area contributed by atoms with E-state index in [2.05, 4.69) is 78.9 Å². The average molecular weight is 582 g/mol. The van der Waals surface area contributed by atoms with Crippen molar-refractivity contribution in [3.8, 4) is 45.2 Å². The van der Waals surface area contributed by atoms with Crippen molar-refractivity contribution in [3.63, 3.8) is 0 Å². The van der Waals surface area contributed by atoms with Crippen LogP contribution in [-0.2, 0) is 0 Å². The van der Waals surface area contributed by atoms with Gasteiger partial charge in [0.2, 0.25) is 0 Å². The minimum absolute atomic E-state index is 0.664. The van der Waals surface area contributed by atoms with E-state index in [4.69, 9.17) is 19.4 Å². The largest absolute Gasteiger partial charge is 0.456 e. The van der Waals surface area contributed by atoms with Gasteiger partial charge in [0.15, 0.2) is 5.82 Å². The van der Waals surface area contributed by atoms with Crippen LogP contribution in [0.15, 0.2) is 144 Å². The number of benzene rings is 5. The van der Waals surface area contributed by atoms with Crippen LogP contribution in [0.3, 0.4) is 0 Å². The molecule has 206 valence electrons. The predicted octanol–water partition coefficient (Wildman–Crippen LogP) is 10.8. The van der Waals surface area contributed by atoms with E-state index in [1.54, 1.807) is 0 Å². The molecule has 0 spiro atoms. The number of furan rings is 1. The molecule has 4 heterocycles. The maximum Gasteiger partial charge on any atom is 0.160 e. The molecule has 5 heteroatoms. The van der Waals surface area contributed by atoms with Gasteiger partial charge in [-0.1, -0.05) is 91.0 Å². The van der Waals surface area contributed by atoms with Crippen molar-refractivity contribution in [1.82, 2.24) is 15.0 Å². The smallest absolute Gasteiger partial charge is 0.160 e. The Balaban J connectivity index is 1.33. The Morgan fingerprint density at radius 1 is 0.500 bits per heavy atom. The fraction of sp³-hybridized carbons (Fsp3) is 0. The van der Waals surface area contributed by atoms with E-state index in [0.29, 0.717) is 5.82 Å². The molecule has 4 nitrogen and oxygen atoms in total. The summed E-state index contributed by atoms with van der Waals surface area (Å²) in [7, 11) is 0. The van der Waals surface area contributed by atoms with Crippen LogP contribution >= 0.6 is 11.3 Å². The van der Waals surface area contributed by atoms with E-state index in [1.807, 2.05) is 72.1 Å². The first-order chi connectivity index (χ1) is 21.8. The summed E-state index contributed by atoms with van der Waals surface area (Å²) in [6.45, 7) is 0. The van der Waals surface area contributed by atoms with Crippen LogP contribution < -0.4 is 0 Å². The van der Waals surface area contributed by atoms with E-state index in [-0.39, 0.29) is 0 Å². The molecule has 0 bridgehead atoms. The molecule has 0 saturated carbocycles. The van der Waals surface area contributed by atoms with Gasteiger partial charge in [-0.3, -0.25) is 4.98 Å². The summed E-state index contributed by atoms with van der Waals surface area (Å²) in [5.41, 5.74) is 8.26. The maximum absolute atomic E-state index is 6.24. The number of hydrogen-bond acceptors (Lipinski definition) is 5. The van der Waals surface area contributed by atoms with Crippen molar-refractivity contribution >= 4 is 53.4 Å². The number of para-hydroxylation sites is 1. The van der Waals surface area contributed by atoms with Gasteiger partial charge in [-0.05, 0) is 42.5 Å². The Morgan fingerprint density at radius 2 is 1.18 bits per heavy atom. The van der Waals surface area contributed by atoms with Gasteiger partial charge in [0.1, 0.15) is 11.2 Å². The van der Waals surface area contributed by atoms with E-state index >= 15 is 0 Å². The standard InChI is InChI=1S/C39H23N3OS/c1-2-11-24(12-3-1)39-41-30(25-15-8-19-33-36(25)27-13-4-6-18-32(27)43-33)23-31(42-39)26-17-10-22-40-38(26)29-16-9-21-35-37(29)28-14-5-7-20-34(28)44-35/h1-23H. The fourth-order valence-electron chi connectivity index (χ4n) is 6.23. The second-order valence-corrected chi connectivity index (χ2v) is 11.9. The third-order valence-corrected chi connectivity index (χ3v) is 9.31. The number of fused-ring (bicyclic) bond motifs is 6. The number of aromatic nitrogens is 3. The second kappa shape index (κ2) is 9.97. The summed E-state index contributed by atoms with van der Waals surface area (Å²) in [6.07, 6.45) is 1.87. The number of thiophene rings is 1. The molecule has 0 N–H and O–H groups in total. The highest BCUT2D eigenvalue weighted by molar-refractivity contribution is 7.25. The molecular formula is C39H23N3OS. The third-order valence-electron chi connectivity index (χ3n) is 8.18. The molecule has 4 aromatic heterocycles. The van der Waals surface area contributed by atoms with Crippen molar-refractivity contribution in [3.05, 3.63) is 140 Å². The van der Waals surface area contributed by atoms with Crippen LogP contribution in [0.4, 0.5) is 0 Å². The molecule has 44 heavy (non-hydrogen) atoms. The Bertz CT molecular complexity index is 2510.